The number of aliphatic hydroxyl groups is 1. The van der Waals surface area contributed by atoms with E-state index in [4.69, 9.17) is 11.6 Å². The third-order valence-corrected chi connectivity index (χ3v) is 8.17. The molecule has 1 aliphatic heterocycles. The molecule has 1 saturated heterocycles. The van der Waals surface area contributed by atoms with E-state index in [1.165, 1.54) is 35.4 Å². The van der Waals surface area contributed by atoms with Crippen LogP contribution in [-0.4, -0.2) is 45.0 Å². The minimum absolute atomic E-state index is 0.0817. The van der Waals surface area contributed by atoms with Crippen LogP contribution in [0.15, 0.2) is 36.5 Å². The van der Waals surface area contributed by atoms with E-state index in [0.717, 1.165) is 49.5 Å². The predicted octanol–water partition coefficient (Wildman–Crippen LogP) is 5.42. The van der Waals surface area contributed by atoms with Gasteiger partial charge in [0.2, 0.25) is 5.91 Å². The molecule has 4 aliphatic rings. The van der Waals surface area contributed by atoms with Crippen molar-refractivity contribution in [1.29, 1.82) is 0 Å². The lowest BCUT2D eigenvalue weighted by Crippen LogP contribution is -2.66. The second-order valence-corrected chi connectivity index (χ2v) is 11.3. The molecule has 10 heteroatoms. The second-order valence-electron chi connectivity index (χ2n) is 10.8. The molecule has 1 aromatic heterocycles. The van der Waals surface area contributed by atoms with Gasteiger partial charge in [-0.1, -0.05) is 55.1 Å². The van der Waals surface area contributed by atoms with E-state index in [9.17, 15) is 27.9 Å². The van der Waals surface area contributed by atoms with E-state index in [0.29, 0.717) is 18.4 Å². The van der Waals surface area contributed by atoms with Gasteiger partial charge in [-0.3, -0.25) is 14.5 Å². The molecule has 2 amide bonds. The van der Waals surface area contributed by atoms with Gasteiger partial charge in [-0.2, -0.15) is 0 Å². The molecule has 0 unspecified atom stereocenters. The molecule has 3 aliphatic carbocycles. The Morgan fingerprint density at radius 3 is 2.43 bits per heavy atom. The topological polar surface area (TPSA) is 73.7 Å². The monoisotopic (exact) mass is 535 g/mol. The van der Waals surface area contributed by atoms with Crippen molar-refractivity contribution in [1.82, 2.24) is 9.88 Å². The maximum absolute atomic E-state index is 14.6. The standard InChI is InChI=1S/C27H29ClF3N3O3/c28-19-10-20(29)24(32-11-19)34-13-22(35)33(12-17-5-7-18(8-6-17)23(30)31)21(25(34)36)4-2-1-3-9-26-14-27(37,15-26)16-26/h5-8,10-11,21,23,37H,1-4,9,12-16H2/t21-,26?,27?/m1/s1. The zero-order valence-corrected chi connectivity index (χ0v) is 21.1. The van der Waals surface area contributed by atoms with Gasteiger partial charge in [-0.25, -0.2) is 18.2 Å². The molecule has 6 nitrogen and oxygen atoms in total. The average molecular weight is 536 g/mol. The van der Waals surface area contributed by atoms with Crippen LogP contribution in [0.3, 0.4) is 0 Å². The fourth-order valence-corrected chi connectivity index (χ4v) is 6.38. The molecule has 2 bridgehead atoms. The maximum atomic E-state index is 14.6. The van der Waals surface area contributed by atoms with Crippen LogP contribution in [0.4, 0.5) is 19.0 Å². The molecular formula is C27H29ClF3N3O3. The fraction of sp³-hybridized carbons (Fsp3) is 0.519. The third kappa shape index (κ3) is 5.21. The van der Waals surface area contributed by atoms with Crippen LogP contribution in [0.25, 0.3) is 0 Å². The molecule has 1 N–H and O–H groups in total. The summed E-state index contributed by atoms with van der Waals surface area (Å²) >= 11 is 5.81. The Kier molecular flexibility index (Phi) is 6.96. The molecule has 6 rings (SSSR count). The van der Waals surface area contributed by atoms with Gasteiger partial charge in [0.15, 0.2) is 11.6 Å². The minimum atomic E-state index is -2.59. The van der Waals surface area contributed by atoms with Crippen molar-refractivity contribution in [3.05, 3.63) is 58.5 Å². The van der Waals surface area contributed by atoms with Gasteiger partial charge in [0.1, 0.15) is 12.6 Å². The van der Waals surface area contributed by atoms with Crippen molar-refractivity contribution in [2.45, 2.75) is 76.0 Å². The van der Waals surface area contributed by atoms with Crippen LogP contribution in [0, 0.1) is 11.2 Å². The Balaban J connectivity index is 1.28. The molecular weight excluding hydrogens is 507 g/mol. The van der Waals surface area contributed by atoms with E-state index < -0.39 is 29.8 Å². The molecule has 0 spiro atoms. The first kappa shape index (κ1) is 26.0. The number of aromatic nitrogens is 1. The highest BCUT2D eigenvalue weighted by molar-refractivity contribution is 6.30. The van der Waals surface area contributed by atoms with Crippen molar-refractivity contribution < 1.29 is 27.9 Å². The summed E-state index contributed by atoms with van der Waals surface area (Å²) in [6.45, 7) is -0.285. The van der Waals surface area contributed by atoms with Gasteiger partial charge in [0, 0.05) is 18.3 Å². The lowest BCUT2D eigenvalue weighted by Gasteiger charge is -2.68. The van der Waals surface area contributed by atoms with Crippen LogP contribution >= 0.6 is 11.6 Å². The van der Waals surface area contributed by atoms with E-state index in [1.807, 2.05) is 0 Å². The number of alkyl halides is 2. The average Bonchev–Trinajstić information content (AvgIpc) is 2.81. The number of carbonyl (C=O) groups is 2. The highest BCUT2D eigenvalue weighted by Gasteiger charge is 2.66. The second kappa shape index (κ2) is 9.91. The Labute approximate surface area is 218 Å². The van der Waals surface area contributed by atoms with Crippen LogP contribution in [0.2, 0.25) is 5.02 Å². The molecule has 1 atom stereocenters. The molecule has 0 radical (unpaired) electrons. The van der Waals surface area contributed by atoms with E-state index in [-0.39, 0.29) is 40.8 Å². The number of hydrogen-bond donors (Lipinski definition) is 1. The number of pyridine rings is 1. The first-order chi connectivity index (χ1) is 17.6. The molecule has 4 fully saturated rings. The number of halogens is 4. The third-order valence-electron chi connectivity index (χ3n) is 7.97. The number of nitrogens with zero attached hydrogens (tertiary/aromatic N) is 3. The lowest BCUT2D eigenvalue weighted by atomic mass is 9.40. The minimum Gasteiger partial charge on any atom is -0.390 e. The number of rotatable bonds is 10. The molecule has 37 heavy (non-hydrogen) atoms. The maximum Gasteiger partial charge on any atom is 0.263 e. The molecule has 1 aromatic carbocycles. The van der Waals surface area contributed by atoms with Gasteiger partial charge < -0.3 is 10.0 Å². The van der Waals surface area contributed by atoms with Gasteiger partial charge in [0.05, 0.1) is 10.6 Å². The van der Waals surface area contributed by atoms with E-state index >= 15 is 0 Å². The molecule has 2 heterocycles. The molecule has 3 saturated carbocycles. The summed E-state index contributed by atoms with van der Waals surface area (Å²) in [5, 5.41) is 10.0. The fourth-order valence-electron chi connectivity index (χ4n) is 6.24. The van der Waals surface area contributed by atoms with Gasteiger partial charge >= 0.3 is 0 Å². The number of anilines is 1. The summed E-state index contributed by atoms with van der Waals surface area (Å²) in [6.07, 6.45) is 5.22. The SMILES string of the molecule is O=C1[C@@H](CCCCCC23CC(O)(C2)C3)N(Cc2ccc(C(F)F)cc2)C(=O)CN1c1ncc(Cl)cc1F. The molecule has 2 aromatic rings. The summed E-state index contributed by atoms with van der Waals surface area (Å²) in [5.41, 5.74) is 0.377. The van der Waals surface area contributed by atoms with Crippen molar-refractivity contribution in [2.75, 3.05) is 11.4 Å². The van der Waals surface area contributed by atoms with Crippen molar-refractivity contribution in [2.24, 2.45) is 5.41 Å². The van der Waals surface area contributed by atoms with Crippen molar-refractivity contribution in [3.63, 3.8) is 0 Å². The Morgan fingerprint density at radius 1 is 1.11 bits per heavy atom. The zero-order chi connectivity index (χ0) is 26.4. The number of hydrogen-bond acceptors (Lipinski definition) is 4. The van der Waals surface area contributed by atoms with Crippen LogP contribution in [0.1, 0.15) is 68.9 Å². The summed E-state index contributed by atoms with van der Waals surface area (Å²) in [5.74, 6) is -1.83. The Bertz CT molecular complexity index is 1170. The van der Waals surface area contributed by atoms with E-state index in [1.54, 1.807) is 0 Å². The number of carbonyl (C=O) groups excluding carboxylic acids is 2. The largest absolute Gasteiger partial charge is 0.390 e. The van der Waals surface area contributed by atoms with Gasteiger partial charge in [0.25, 0.3) is 12.3 Å². The zero-order valence-electron chi connectivity index (χ0n) is 20.3. The van der Waals surface area contributed by atoms with Gasteiger partial charge in [-0.05, 0) is 49.1 Å². The van der Waals surface area contributed by atoms with Crippen molar-refractivity contribution >= 4 is 29.2 Å². The Hall–Kier alpha value is -2.65. The van der Waals surface area contributed by atoms with Crippen LogP contribution in [0.5, 0.6) is 0 Å². The number of amides is 2. The number of unbranched alkanes of at least 4 members (excludes halogenated alkanes) is 2. The highest BCUT2D eigenvalue weighted by Crippen LogP contribution is 2.69. The Morgan fingerprint density at radius 2 is 1.81 bits per heavy atom. The highest BCUT2D eigenvalue weighted by atomic mass is 35.5. The quantitative estimate of drug-likeness (QED) is 0.412. The van der Waals surface area contributed by atoms with E-state index in [2.05, 4.69) is 4.98 Å². The summed E-state index contributed by atoms with van der Waals surface area (Å²) in [7, 11) is 0. The lowest BCUT2D eigenvalue weighted by molar-refractivity contribution is -0.262. The molecule has 198 valence electrons. The summed E-state index contributed by atoms with van der Waals surface area (Å²) in [6, 6.07) is 5.90. The smallest absolute Gasteiger partial charge is 0.263 e. The first-order valence-electron chi connectivity index (χ1n) is 12.6. The first-order valence-corrected chi connectivity index (χ1v) is 13.0. The number of piperazine rings is 1. The summed E-state index contributed by atoms with van der Waals surface area (Å²) < 4.78 is 40.5. The normalized spacial score (nSPS) is 26.9. The van der Waals surface area contributed by atoms with Crippen molar-refractivity contribution in [3.8, 4) is 0 Å². The number of benzene rings is 1. The predicted molar refractivity (Wildman–Crippen MR) is 132 cm³/mol. The van der Waals surface area contributed by atoms with Crippen LogP contribution in [-0.2, 0) is 16.1 Å². The summed E-state index contributed by atoms with van der Waals surface area (Å²) in [4.78, 5) is 33.2. The van der Waals surface area contributed by atoms with Gasteiger partial charge in [-0.15, -0.1) is 0 Å². The van der Waals surface area contributed by atoms with Crippen LogP contribution < -0.4 is 4.90 Å².